The Bertz CT molecular complexity index is 360. The summed E-state index contributed by atoms with van der Waals surface area (Å²) in [6.45, 7) is 1.81. The molecule has 0 bridgehead atoms. The second kappa shape index (κ2) is 6.96. The highest BCUT2D eigenvalue weighted by Crippen LogP contribution is 2.28. The molecule has 0 saturated heterocycles. The Morgan fingerprint density at radius 1 is 1.47 bits per heavy atom. The van der Waals surface area contributed by atoms with Gasteiger partial charge in [0.1, 0.15) is 18.5 Å². The van der Waals surface area contributed by atoms with E-state index in [9.17, 15) is 5.11 Å². The van der Waals surface area contributed by atoms with Crippen LogP contribution in [0.3, 0.4) is 0 Å². The number of aliphatic hydroxyl groups excluding tert-OH is 2. The van der Waals surface area contributed by atoms with Gasteiger partial charge in [0.25, 0.3) is 0 Å². The third-order valence-corrected chi connectivity index (χ3v) is 3.01. The van der Waals surface area contributed by atoms with E-state index in [2.05, 4.69) is 21.2 Å². The molecule has 0 heterocycles. The van der Waals surface area contributed by atoms with Crippen LogP contribution in [0.5, 0.6) is 5.75 Å². The summed E-state index contributed by atoms with van der Waals surface area (Å²) in [5, 5.41) is 21.1. The fourth-order valence-corrected chi connectivity index (χ4v) is 1.76. The topological polar surface area (TPSA) is 61.7 Å². The van der Waals surface area contributed by atoms with E-state index in [0.717, 1.165) is 10.0 Å². The van der Waals surface area contributed by atoms with Gasteiger partial charge in [-0.2, -0.15) is 0 Å². The molecule has 1 aromatic rings. The highest BCUT2D eigenvalue weighted by atomic mass is 79.9. The van der Waals surface area contributed by atoms with Crippen LogP contribution >= 0.6 is 15.9 Å². The average Bonchev–Trinajstić information content (AvgIpc) is 2.35. The van der Waals surface area contributed by atoms with Gasteiger partial charge in [0, 0.05) is 16.1 Å². The lowest BCUT2D eigenvalue weighted by Crippen LogP contribution is -2.22. The van der Waals surface area contributed by atoms with Crippen LogP contribution in [-0.4, -0.2) is 36.6 Å². The molecule has 0 aliphatic heterocycles. The number of aliphatic hydroxyl groups is 2. The summed E-state index contributed by atoms with van der Waals surface area (Å²) in [5.41, 5.74) is 1.01. The van der Waals surface area contributed by atoms with E-state index in [1.54, 1.807) is 0 Å². The van der Waals surface area contributed by atoms with E-state index in [4.69, 9.17) is 9.84 Å². The van der Waals surface area contributed by atoms with Crippen LogP contribution in [0.25, 0.3) is 0 Å². The maximum atomic E-state index is 9.26. The second-order valence-corrected chi connectivity index (χ2v) is 4.76. The van der Waals surface area contributed by atoms with Crippen LogP contribution < -0.4 is 10.1 Å². The minimum atomic E-state index is -0.851. The predicted molar refractivity (Wildman–Crippen MR) is 70.2 cm³/mol. The quantitative estimate of drug-likeness (QED) is 0.745. The summed E-state index contributed by atoms with van der Waals surface area (Å²) in [5.74, 6) is 0.711. The van der Waals surface area contributed by atoms with Crippen molar-refractivity contribution in [1.82, 2.24) is 5.32 Å². The van der Waals surface area contributed by atoms with Crippen molar-refractivity contribution in [2.24, 2.45) is 0 Å². The SMILES string of the molecule is CNC(C)c1cc(Br)ccc1OCC(O)CO. The summed E-state index contributed by atoms with van der Waals surface area (Å²) >= 11 is 3.41. The van der Waals surface area contributed by atoms with E-state index in [1.165, 1.54) is 0 Å². The molecule has 0 fully saturated rings. The molecule has 4 nitrogen and oxygen atoms in total. The minimum absolute atomic E-state index is 0.0849. The lowest BCUT2D eigenvalue weighted by molar-refractivity contribution is 0.0531. The smallest absolute Gasteiger partial charge is 0.124 e. The lowest BCUT2D eigenvalue weighted by atomic mass is 10.1. The van der Waals surface area contributed by atoms with Gasteiger partial charge in [0.15, 0.2) is 0 Å². The third-order valence-electron chi connectivity index (χ3n) is 2.51. The van der Waals surface area contributed by atoms with Gasteiger partial charge >= 0.3 is 0 Å². The van der Waals surface area contributed by atoms with Gasteiger partial charge in [0.2, 0.25) is 0 Å². The molecule has 0 aliphatic carbocycles. The van der Waals surface area contributed by atoms with Crippen molar-refractivity contribution in [3.63, 3.8) is 0 Å². The number of ether oxygens (including phenoxy) is 1. The summed E-state index contributed by atoms with van der Waals surface area (Å²) in [6, 6.07) is 5.85. The van der Waals surface area contributed by atoms with Crippen LogP contribution in [0.1, 0.15) is 18.5 Å². The van der Waals surface area contributed by atoms with E-state index >= 15 is 0 Å². The molecule has 96 valence electrons. The fraction of sp³-hybridized carbons (Fsp3) is 0.500. The minimum Gasteiger partial charge on any atom is -0.490 e. The highest BCUT2D eigenvalue weighted by molar-refractivity contribution is 9.10. The molecule has 3 N–H and O–H groups in total. The standard InChI is InChI=1S/C12H18BrNO3/c1-8(14-2)11-5-9(13)3-4-12(11)17-7-10(16)6-15/h3-5,8,10,14-16H,6-7H2,1-2H3. The van der Waals surface area contributed by atoms with Crippen LogP contribution in [0.15, 0.2) is 22.7 Å². The molecule has 1 rings (SSSR count). The Labute approximate surface area is 110 Å². The highest BCUT2D eigenvalue weighted by Gasteiger charge is 2.12. The monoisotopic (exact) mass is 303 g/mol. The molecule has 0 aliphatic rings. The summed E-state index contributed by atoms with van der Waals surface area (Å²) in [6.07, 6.45) is -0.851. The molecular formula is C12H18BrNO3. The molecule has 0 aromatic heterocycles. The fourth-order valence-electron chi connectivity index (χ4n) is 1.38. The van der Waals surface area contributed by atoms with Crippen molar-refractivity contribution in [1.29, 1.82) is 0 Å². The van der Waals surface area contributed by atoms with Crippen molar-refractivity contribution in [3.05, 3.63) is 28.2 Å². The van der Waals surface area contributed by atoms with E-state index in [0.29, 0.717) is 5.75 Å². The predicted octanol–water partition coefficient (Wildman–Crippen LogP) is 1.46. The number of rotatable bonds is 6. The van der Waals surface area contributed by atoms with Crippen molar-refractivity contribution < 1.29 is 14.9 Å². The maximum absolute atomic E-state index is 9.26. The second-order valence-electron chi connectivity index (χ2n) is 3.84. The Balaban J connectivity index is 2.83. The number of hydrogen-bond donors (Lipinski definition) is 3. The number of benzene rings is 1. The van der Waals surface area contributed by atoms with E-state index in [1.807, 2.05) is 32.2 Å². The van der Waals surface area contributed by atoms with Crippen LogP contribution in [0, 0.1) is 0 Å². The molecule has 0 saturated carbocycles. The zero-order valence-electron chi connectivity index (χ0n) is 9.98. The van der Waals surface area contributed by atoms with Gasteiger partial charge in [-0.15, -0.1) is 0 Å². The Morgan fingerprint density at radius 3 is 2.76 bits per heavy atom. The first-order valence-corrected chi connectivity index (χ1v) is 6.26. The van der Waals surface area contributed by atoms with Gasteiger partial charge in [-0.25, -0.2) is 0 Å². The number of hydrogen-bond acceptors (Lipinski definition) is 4. The summed E-state index contributed by atoms with van der Waals surface area (Å²) in [4.78, 5) is 0. The third kappa shape index (κ3) is 4.27. The first-order valence-electron chi connectivity index (χ1n) is 5.47. The van der Waals surface area contributed by atoms with Crippen molar-refractivity contribution in [3.8, 4) is 5.75 Å². The molecule has 0 amide bonds. The van der Waals surface area contributed by atoms with Crippen LogP contribution in [-0.2, 0) is 0 Å². The molecule has 0 spiro atoms. The van der Waals surface area contributed by atoms with Crippen molar-refractivity contribution in [2.45, 2.75) is 19.1 Å². The van der Waals surface area contributed by atoms with Gasteiger partial charge in [-0.1, -0.05) is 15.9 Å². The lowest BCUT2D eigenvalue weighted by Gasteiger charge is -2.18. The van der Waals surface area contributed by atoms with E-state index in [-0.39, 0.29) is 19.3 Å². The number of halogens is 1. The summed E-state index contributed by atoms with van der Waals surface area (Å²) in [7, 11) is 1.87. The maximum Gasteiger partial charge on any atom is 0.124 e. The van der Waals surface area contributed by atoms with Crippen molar-refractivity contribution >= 4 is 15.9 Å². The Kier molecular flexibility index (Phi) is 5.91. The molecule has 1 aromatic carbocycles. The van der Waals surface area contributed by atoms with Crippen LogP contribution in [0.4, 0.5) is 0 Å². The normalized spacial score (nSPS) is 14.4. The van der Waals surface area contributed by atoms with Gasteiger partial charge in [-0.3, -0.25) is 0 Å². The Hall–Kier alpha value is -0.620. The molecule has 5 heteroatoms. The molecular weight excluding hydrogens is 286 g/mol. The van der Waals surface area contributed by atoms with E-state index < -0.39 is 6.10 Å². The molecule has 0 radical (unpaired) electrons. The zero-order chi connectivity index (χ0) is 12.8. The first-order chi connectivity index (χ1) is 8.08. The Morgan fingerprint density at radius 2 is 2.18 bits per heavy atom. The average molecular weight is 304 g/mol. The van der Waals surface area contributed by atoms with Gasteiger partial charge in [-0.05, 0) is 32.2 Å². The molecule has 17 heavy (non-hydrogen) atoms. The van der Waals surface area contributed by atoms with Crippen molar-refractivity contribution in [2.75, 3.05) is 20.3 Å². The van der Waals surface area contributed by atoms with Gasteiger partial charge < -0.3 is 20.3 Å². The zero-order valence-corrected chi connectivity index (χ0v) is 11.6. The van der Waals surface area contributed by atoms with Gasteiger partial charge in [0.05, 0.1) is 6.61 Å². The van der Waals surface area contributed by atoms with Crippen LogP contribution in [0.2, 0.25) is 0 Å². The molecule has 2 unspecified atom stereocenters. The summed E-state index contributed by atoms with van der Waals surface area (Å²) < 4.78 is 6.47. The number of nitrogens with one attached hydrogen (secondary N) is 1. The first kappa shape index (κ1) is 14.4. The molecule has 2 atom stereocenters. The largest absolute Gasteiger partial charge is 0.490 e.